The minimum absolute atomic E-state index is 1.06. The van der Waals surface area contributed by atoms with E-state index in [4.69, 9.17) is 0 Å². The predicted octanol–water partition coefficient (Wildman–Crippen LogP) is 9.93. The van der Waals surface area contributed by atoms with Crippen molar-refractivity contribution in [2.45, 2.75) is 25.7 Å². The molecule has 1 N–H and O–H groups in total. The average Bonchev–Trinajstić information content (AvgIpc) is 3.53. The summed E-state index contributed by atoms with van der Waals surface area (Å²) in [5.41, 5.74) is 11.8. The topological polar surface area (TPSA) is 20.7 Å². The van der Waals surface area contributed by atoms with Crippen molar-refractivity contribution in [3.05, 3.63) is 126 Å². The number of hydrogen-bond acceptors (Lipinski definition) is 0. The van der Waals surface area contributed by atoms with Crippen LogP contribution in [0.1, 0.15) is 25.7 Å². The molecule has 0 spiro atoms. The Hall–Kier alpha value is -4.56. The molecule has 0 fully saturated rings. The highest BCUT2D eigenvalue weighted by Crippen LogP contribution is 2.39. The Labute approximate surface area is 221 Å². The molecule has 6 aromatic rings. The predicted molar refractivity (Wildman–Crippen MR) is 162 cm³/mol. The van der Waals surface area contributed by atoms with Crippen LogP contribution in [-0.4, -0.2) is 9.55 Å². The van der Waals surface area contributed by atoms with Gasteiger partial charge in [-0.2, -0.15) is 0 Å². The molecule has 0 atom stereocenters. The van der Waals surface area contributed by atoms with Gasteiger partial charge >= 0.3 is 0 Å². The van der Waals surface area contributed by atoms with Gasteiger partial charge in [-0.3, -0.25) is 0 Å². The molecule has 2 aliphatic rings. The van der Waals surface area contributed by atoms with E-state index in [1.807, 2.05) is 0 Å². The molecule has 2 heterocycles. The molecule has 8 rings (SSSR count). The quantitative estimate of drug-likeness (QED) is 0.256. The normalized spacial score (nSPS) is 15.8. The third-order valence-corrected chi connectivity index (χ3v) is 8.35. The minimum Gasteiger partial charge on any atom is -0.355 e. The second-order valence-corrected chi connectivity index (χ2v) is 10.5. The van der Waals surface area contributed by atoms with Crippen molar-refractivity contribution >= 4 is 49.3 Å². The zero-order valence-electron chi connectivity index (χ0n) is 21.2. The van der Waals surface area contributed by atoms with Gasteiger partial charge in [-0.25, -0.2) is 0 Å². The monoisotopic (exact) mass is 488 g/mol. The molecular weight excluding hydrogens is 460 g/mol. The first-order valence-corrected chi connectivity index (χ1v) is 13.6. The summed E-state index contributed by atoms with van der Waals surface area (Å²) in [6.07, 6.45) is 15.9. The van der Waals surface area contributed by atoms with Gasteiger partial charge in [0.05, 0.1) is 11.0 Å². The fourth-order valence-corrected chi connectivity index (χ4v) is 6.44. The highest BCUT2D eigenvalue weighted by Gasteiger charge is 2.18. The van der Waals surface area contributed by atoms with Gasteiger partial charge in [0, 0.05) is 38.3 Å². The zero-order chi connectivity index (χ0) is 25.1. The lowest BCUT2D eigenvalue weighted by Gasteiger charge is -2.20. The van der Waals surface area contributed by atoms with Gasteiger partial charge < -0.3 is 9.55 Å². The van der Waals surface area contributed by atoms with Crippen molar-refractivity contribution in [3.63, 3.8) is 0 Å². The molecule has 0 saturated heterocycles. The molecule has 2 heteroatoms. The number of para-hydroxylation sites is 2. The van der Waals surface area contributed by atoms with Crippen molar-refractivity contribution in [1.29, 1.82) is 0 Å². The van der Waals surface area contributed by atoms with Gasteiger partial charge in [-0.05, 0) is 90.4 Å². The standard InChI is InChI=1S/C36H28N2/c1-2-8-24(9-3-1)25-14-18-28(19-15-25)38-35-13-7-5-11-30(35)32-23-27(17-21-36(32)38)26-16-20-34-31(22-26)29-10-4-6-12-33(29)37-34/h1-2,4-8,10-14,16-18,20-23,37H,3,9,15,19H2. The maximum atomic E-state index is 3.55. The Kier molecular flexibility index (Phi) is 4.81. The van der Waals surface area contributed by atoms with Crippen LogP contribution in [0.3, 0.4) is 0 Å². The number of fused-ring (bicyclic) bond motifs is 6. The Morgan fingerprint density at radius 3 is 2.13 bits per heavy atom. The molecule has 38 heavy (non-hydrogen) atoms. The molecule has 0 saturated carbocycles. The summed E-state index contributed by atoms with van der Waals surface area (Å²) in [7, 11) is 0. The fraction of sp³-hybridized carbons (Fsp3) is 0.111. The summed E-state index contributed by atoms with van der Waals surface area (Å²) < 4.78 is 2.49. The van der Waals surface area contributed by atoms with E-state index in [9.17, 15) is 0 Å². The van der Waals surface area contributed by atoms with E-state index in [-0.39, 0.29) is 0 Å². The molecule has 2 aromatic heterocycles. The number of benzene rings is 4. The van der Waals surface area contributed by atoms with Crippen LogP contribution in [0, 0.1) is 0 Å². The molecule has 0 aliphatic heterocycles. The Balaban J connectivity index is 1.27. The second-order valence-electron chi connectivity index (χ2n) is 10.5. The van der Waals surface area contributed by atoms with Crippen LogP contribution < -0.4 is 0 Å². The number of allylic oxidation sites excluding steroid dienone is 8. The smallest absolute Gasteiger partial charge is 0.0538 e. The summed E-state index contributed by atoms with van der Waals surface area (Å²) in [4.78, 5) is 3.55. The highest BCUT2D eigenvalue weighted by atomic mass is 15.0. The van der Waals surface area contributed by atoms with Crippen LogP contribution >= 0.6 is 0 Å². The number of aromatic amines is 1. The maximum absolute atomic E-state index is 3.55. The van der Waals surface area contributed by atoms with E-state index in [2.05, 4.69) is 125 Å². The van der Waals surface area contributed by atoms with Crippen molar-refractivity contribution in [2.75, 3.05) is 0 Å². The van der Waals surface area contributed by atoms with E-state index >= 15 is 0 Å². The van der Waals surface area contributed by atoms with Crippen molar-refractivity contribution < 1.29 is 0 Å². The lowest BCUT2D eigenvalue weighted by Crippen LogP contribution is -2.03. The molecule has 0 radical (unpaired) electrons. The summed E-state index contributed by atoms with van der Waals surface area (Å²) in [6.45, 7) is 0. The van der Waals surface area contributed by atoms with Crippen LogP contribution in [0.15, 0.2) is 126 Å². The van der Waals surface area contributed by atoms with E-state index in [0.29, 0.717) is 0 Å². The molecule has 2 nitrogen and oxygen atoms in total. The van der Waals surface area contributed by atoms with E-state index < -0.39 is 0 Å². The van der Waals surface area contributed by atoms with Gasteiger partial charge in [-0.15, -0.1) is 0 Å². The lowest BCUT2D eigenvalue weighted by atomic mass is 9.90. The van der Waals surface area contributed by atoms with Gasteiger partial charge in [0.15, 0.2) is 0 Å². The van der Waals surface area contributed by atoms with Crippen LogP contribution in [0.4, 0.5) is 0 Å². The molecule has 0 unspecified atom stereocenters. The summed E-state index contributed by atoms with van der Waals surface area (Å²) >= 11 is 0. The summed E-state index contributed by atoms with van der Waals surface area (Å²) in [5, 5.41) is 5.18. The Morgan fingerprint density at radius 2 is 1.29 bits per heavy atom. The number of aromatic nitrogens is 2. The third kappa shape index (κ3) is 3.34. The van der Waals surface area contributed by atoms with E-state index in [0.717, 1.165) is 25.7 Å². The molecule has 0 amide bonds. The summed E-state index contributed by atoms with van der Waals surface area (Å²) in [5.74, 6) is 0. The Morgan fingerprint density at radius 1 is 0.553 bits per heavy atom. The van der Waals surface area contributed by atoms with Crippen molar-refractivity contribution in [3.8, 4) is 11.1 Å². The van der Waals surface area contributed by atoms with Gasteiger partial charge in [-0.1, -0.05) is 72.8 Å². The maximum Gasteiger partial charge on any atom is 0.0538 e. The van der Waals surface area contributed by atoms with E-state index in [1.165, 1.54) is 71.6 Å². The molecule has 182 valence electrons. The number of rotatable bonds is 3. The van der Waals surface area contributed by atoms with Crippen molar-refractivity contribution in [1.82, 2.24) is 9.55 Å². The molecular formula is C36H28N2. The lowest BCUT2D eigenvalue weighted by molar-refractivity contribution is 0.885. The molecule has 0 bridgehead atoms. The van der Waals surface area contributed by atoms with Gasteiger partial charge in [0.1, 0.15) is 0 Å². The second kappa shape index (κ2) is 8.49. The van der Waals surface area contributed by atoms with Crippen LogP contribution in [0.2, 0.25) is 0 Å². The number of hydrogen-bond donors (Lipinski definition) is 1. The fourth-order valence-electron chi connectivity index (χ4n) is 6.44. The van der Waals surface area contributed by atoms with Crippen LogP contribution in [-0.2, 0) is 0 Å². The number of nitrogens with zero attached hydrogens (tertiary/aromatic N) is 1. The Bertz CT molecular complexity index is 2020. The number of H-pyrrole nitrogens is 1. The first kappa shape index (κ1) is 21.5. The van der Waals surface area contributed by atoms with Crippen molar-refractivity contribution in [2.24, 2.45) is 0 Å². The summed E-state index contributed by atoms with van der Waals surface area (Å²) in [6, 6.07) is 31.2. The van der Waals surface area contributed by atoms with Gasteiger partial charge in [0.2, 0.25) is 0 Å². The van der Waals surface area contributed by atoms with Gasteiger partial charge in [0.25, 0.3) is 0 Å². The minimum atomic E-state index is 1.06. The third-order valence-electron chi connectivity index (χ3n) is 8.35. The van der Waals surface area contributed by atoms with Crippen LogP contribution in [0.5, 0.6) is 0 Å². The first-order valence-electron chi connectivity index (χ1n) is 13.6. The zero-order valence-corrected chi connectivity index (χ0v) is 21.2. The largest absolute Gasteiger partial charge is 0.355 e. The highest BCUT2D eigenvalue weighted by molar-refractivity contribution is 6.12. The van der Waals surface area contributed by atoms with E-state index in [1.54, 1.807) is 0 Å². The molecule has 4 aromatic carbocycles. The first-order chi connectivity index (χ1) is 18.8. The van der Waals surface area contributed by atoms with Crippen LogP contribution in [0.25, 0.3) is 60.4 Å². The SMILES string of the molecule is C1=CCCC(C2=CC=C(n3c4ccccc4c4cc(-c5ccc6[nH]c7ccccc7c6c5)ccc43)CC2)=C1. The average molecular weight is 489 g/mol. The number of nitrogens with one attached hydrogen (secondary N) is 1. The molecule has 2 aliphatic carbocycles.